The Kier molecular flexibility index (Phi) is 5.31. The smallest absolute Gasteiger partial charge is 0.132 e. The molecule has 156 valence electrons. The highest BCUT2D eigenvalue weighted by Gasteiger charge is 2.21. The summed E-state index contributed by atoms with van der Waals surface area (Å²) < 4.78 is 5.94. The fourth-order valence-corrected chi connectivity index (χ4v) is 4.17. The molecule has 0 unspecified atom stereocenters. The van der Waals surface area contributed by atoms with Gasteiger partial charge in [0, 0.05) is 24.7 Å². The summed E-state index contributed by atoms with van der Waals surface area (Å²) in [6.45, 7) is 1.00. The number of anilines is 1. The summed E-state index contributed by atoms with van der Waals surface area (Å²) in [5, 5.41) is 9.16. The van der Waals surface area contributed by atoms with Crippen LogP contribution in [0.4, 0.5) is 5.82 Å². The van der Waals surface area contributed by atoms with Gasteiger partial charge in [0.1, 0.15) is 17.3 Å². The maximum Gasteiger partial charge on any atom is 0.132 e. The van der Waals surface area contributed by atoms with Gasteiger partial charge in [-0.25, -0.2) is 4.98 Å². The second-order valence-corrected chi connectivity index (χ2v) is 8.01. The summed E-state index contributed by atoms with van der Waals surface area (Å²) in [7, 11) is 2.11. The Hall–Kier alpha value is -4.10. The van der Waals surface area contributed by atoms with Crippen LogP contribution in [0.2, 0.25) is 0 Å². The molecule has 0 aliphatic carbocycles. The Bertz CT molecular complexity index is 1270. The maximum atomic E-state index is 9.16. The van der Waals surface area contributed by atoms with E-state index in [2.05, 4.69) is 36.2 Å². The number of rotatable bonds is 4. The number of nitrogens with zero attached hydrogens (tertiary/aromatic N) is 3. The van der Waals surface area contributed by atoms with Gasteiger partial charge in [0.2, 0.25) is 0 Å². The van der Waals surface area contributed by atoms with Crippen LogP contribution in [0, 0.1) is 11.3 Å². The largest absolute Gasteiger partial charge is 0.457 e. The zero-order chi connectivity index (χ0) is 21.9. The lowest BCUT2D eigenvalue weighted by molar-refractivity contribution is 0.483. The van der Waals surface area contributed by atoms with E-state index in [0.29, 0.717) is 5.56 Å². The highest BCUT2D eigenvalue weighted by atomic mass is 16.5. The van der Waals surface area contributed by atoms with Crippen molar-refractivity contribution in [1.82, 2.24) is 4.98 Å². The van der Waals surface area contributed by atoms with Crippen molar-refractivity contribution in [1.29, 1.82) is 5.26 Å². The molecule has 0 amide bonds. The Morgan fingerprint density at radius 3 is 2.28 bits per heavy atom. The fraction of sp³-hybridized carbons (Fsp3) is 0.143. The van der Waals surface area contributed by atoms with Crippen LogP contribution in [0.25, 0.3) is 22.4 Å². The molecule has 32 heavy (non-hydrogen) atoms. The molecular weight excluding hydrogens is 394 g/mol. The number of hydrogen-bond donors (Lipinski definition) is 0. The van der Waals surface area contributed by atoms with Crippen LogP contribution in [0.15, 0.2) is 84.9 Å². The Balaban J connectivity index is 1.54. The quantitative estimate of drug-likeness (QED) is 0.382. The van der Waals surface area contributed by atoms with E-state index in [1.807, 2.05) is 66.7 Å². The molecule has 0 bridgehead atoms. The lowest BCUT2D eigenvalue weighted by Gasteiger charge is -2.29. The van der Waals surface area contributed by atoms with E-state index < -0.39 is 0 Å². The molecule has 1 aliphatic heterocycles. The molecule has 0 saturated carbocycles. The molecule has 3 aromatic carbocycles. The molecule has 0 spiro atoms. The number of fused-ring (bicyclic) bond motifs is 1. The highest BCUT2D eigenvalue weighted by molar-refractivity contribution is 5.79. The van der Waals surface area contributed by atoms with Crippen LogP contribution >= 0.6 is 0 Å². The third kappa shape index (κ3) is 3.93. The summed E-state index contributed by atoms with van der Waals surface area (Å²) in [5.41, 5.74) is 6.22. The van der Waals surface area contributed by atoms with Crippen molar-refractivity contribution >= 4 is 5.82 Å². The lowest BCUT2D eigenvalue weighted by Crippen LogP contribution is -2.26. The number of nitriles is 1. The third-order valence-corrected chi connectivity index (χ3v) is 5.84. The van der Waals surface area contributed by atoms with Crippen molar-refractivity contribution < 1.29 is 4.74 Å². The Morgan fingerprint density at radius 1 is 0.875 bits per heavy atom. The average Bonchev–Trinajstić information content (AvgIpc) is 2.85. The van der Waals surface area contributed by atoms with E-state index in [1.54, 1.807) is 0 Å². The van der Waals surface area contributed by atoms with E-state index in [-0.39, 0.29) is 0 Å². The summed E-state index contributed by atoms with van der Waals surface area (Å²) in [4.78, 5) is 7.27. The average molecular weight is 418 g/mol. The second kappa shape index (κ2) is 8.56. The van der Waals surface area contributed by atoms with Crippen LogP contribution in [-0.4, -0.2) is 18.6 Å². The number of hydrogen-bond acceptors (Lipinski definition) is 4. The monoisotopic (exact) mass is 417 g/mol. The molecule has 0 radical (unpaired) electrons. The molecule has 1 aliphatic rings. The van der Waals surface area contributed by atoms with Gasteiger partial charge in [0.25, 0.3) is 0 Å². The van der Waals surface area contributed by atoms with E-state index in [1.165, 1.54) is 11.1 Å². The van der Waals surface area contributed by atoms with Gasteiger partial charge < -0.3 is 9.64 Å². The first-order valence-electron chi connectivity index (χ1n) is 10.8. The molecule has 4 aromatic rings. The third-order valence-electron chi connectivity index (χ3n) is 5.84. The van der Waals surface area contributed by atoms with Gasteiger partial charge in [-0.05, 0) is 78.6 Å². The summed E-state index contributed by atoms with van der Waals surface area (Å²) in [6, 6.07) is 30.0. The number of benzene rings is 3. The van der Waals surface area contributed by atoms with E-state index >= 15 is 0 Å². The van der Waals surface area contributed by atoms with E-state index in [4.69, 9.17) is 15.0 Å². The number of pyridine rings is 1. The number of aromatic nitrogens is 1. The zero-order valence-electron chi connectivity index (χ0n) is 18.0. The van der Waals surface area contributed by atoms with Crippen molar-refractivity contribution in [2.24, 2.45) is 0 Å². The number of ether oxygens (including phenoxy) is 1. The first-order valence-corrected chi connectivity index (χ1v) is 10.8. The van der Waals surface area contributed by atoms with Crippen LogP contribution in [0.3, 0.4) is 0 Å². The normalized spacial score (nSPS) is 12.7. The van der Waals surface area contributed by atoms with Crippen molar-refractivity contribution in [3.05, 3.63) is 96.1 Å². The fourth-order valence-electron chi connectivity index (χ4n) is 4.17. The van der Waals surface area contributed by atoms with E-state index in [9.17, 15) is 0 Å². The first kappa shape index (κ1) is 19.8. The minimum atomic E-state index is 0.669. The van der Waals surface area contributed by atoms with Crippen molar-refractivity contribution in [2.75, 3.05) is 18.5 Å². The summed E-state index contributed by atoms with van der Waals surface area (Å²) in [6.07, 6.45) is 2.12. The predicted octanol–water partition coefficient (Wildman–Crippen LogP) is 6.46. The van der Waals surface area contributed by atoms with Crippen molar-refractivity contribution in [3.8, 4) is 40.0 Å². The van der Waals surface area contributed by atoms with Crippen LogP contribution in [0.5, 0.6) is 11.5 Å². The topological polar surface area (TPSA) is 49.2 Å². The SMILES string of the molecule is CN1CCCc2c(-c3ccc(C#N)cc3)cc(-c3ccc(Oc4ccccc4)cc3)nc21. The second-order valence-electron chi connectivity index (χ2n) is 8.01. The molecule has 2 heterocycles. The molecule has 4 nitrogen and oxygen atoms in total. The zero-order valence-corrected chi connectivity index (χ0v) is 18.0. The van der Waals surface area contributed by atoms with Crippen molar-refractivity contribution in [3.63, 3.8) is 0 Å². The highest BCUT2D eigenvalue weighted by Crippen LogP contribution is 2.37. The van der Waals surface area contributed by atoms with Gasteiger partial charge in [-0.15, -0.1) is 0 Å². The summed E-state index contributed by atoms with van der Waals surface area (Å²) in [5.74, 6) is 2.65. The van der Waals surface area contributed by atoms with E-state index in [0.717, 1.165) is 53.5 Å². The molecule has 0 N–H and O–H groups in total. The Labute approximate surface area is 188 Å². The molecule has 1 aromatic heterocycles. The van der Waals surface area contributed by atoms with Crippen molar-refractivity contribution in [2.45, 2.75) is 12.8 Å². The molecule has 5 rings (SSSR count). The van der Waals surface area contributed by atoms with Gasteiger partial charge in [0.05, 0.1) is 17.3 Å². The van der Waals surface area contributed by atoms with Crippen LogP contribution < -0.4 is 9.64 Å². The van der Waals surface area contributed by atoms with Crippen LogP contribution in [0.1, 0.15) is 17.5 Å². The minimum Gasteiger partial charge on any atom is -0.457 e. The first-order chi connectivity index (χ1) is 15.7. The Morgan fingerprint density at radius 2 is 1.56 bits per heavy atom. The molecule has 0 atom stereocenters. The molecule has 4 heteroatoms. The number of para-hydroxylation sites is 1. The minimum absolute atomic E-state index is 0.669. The van der Waals surface area contributed by atoms with Gasteiger partial charge in [-0.2, -0.15) is 5.26 Å². The molecule has 0 saturated heterocycles. The molecular formula is C28H23N3O. The van der Waals surface area contributed by atoms with Gasteiger partial charge in [-0.1, -0.05) is 30.3 Å². The van der Waals surface area contributed by atoms with Crippen LogP contribution in [-0.2, 0) is 6.42 Å². The predicted molar refractivity (Wildman–Crippen MR) is 128 cm³/mol. The summed E-state index contributed by atoms with van der Waals surface area (Å²) >= 11 is 0. The van der Waals surface area contributed by atoms with Gasteiger partial charge in [0.15, 0.2) is 0 Å². The van der Waals surface area contributed by atoms with Gasteiger partial charge in [-0.3, -0.25) is 0 Å². The maximum absolute atomic E-state index is 9.16. The standard InChI is InChI=1S/C28H23N3O/c1-31-17-5-8-25-26(21-11-9-20(19-29)10-12-21)18-27(30-28(25)31)22-13-15-24(16-14-22)32-23-6-3-2-4-7-23/h2-4,6-7,9-16,18H,5,8,17H2,1H3. The lowest BCUT2D eigenvalue weighted by atomic mass is 9.93. The van der Waals surface area contributed by atoms with Gasteiger partial charge >= 0.3 is 0 Å². The molecule has 0 fully saturated rings.